The Morgan fingerprint density at radius 1 is 1.25 bits per heavy atom. The molecule has 0 aliphatic heterocycles. The van der Waals surface area contributed by atoms with E-state index >= 15 is 0 Å². The third-order valence-corrected chi connectivity index (χ3v) is 3.50. The number of aryl methyl sites for hydroxylation is 1. The molecule has 2 rings (SSSR count). The second kappa shape index (κ2) is 5.97. The molecule has 0 fully saturated rings. The second-order valence-corrected chi connectivity index (χ2v) is 5.26. The molecule has 20 heavy (non-hydrogen) atoms. The predicted molar refractivity (Wildman–Crippen MR) is 82.8 cm³/mol. The van der Waals surface area contributed by atoms with Gasteiger partial charge in [-0.05, 0) is 36.2 Å². The van der Waals surface area contributed by atoms with Crippen LogP contribution in [-0.2, 0) is 6.54 Å². The smallest absolute Gasteiger partial charge is 0.256 e. The van der Waals surface area contributed by atoms with Gasteiger partial charge in [-0.3, -0.25) is 4.79 Å². The summed E-state index contributed by atoms with van der Waals surface area (Å²) >= 11 is 5.92. The van der Waals surface area contributed by atoms with Gasteiger partial charge in [0, 0.05) is 24.3 Å². The van der Waals surface area contributed by atoms with Crippen LogP contribution in [0.4, 0.5) is 5.69 Å². The first-order valence-electron chi connectivity index (χ1n) is 6.34. The van der Waals surface area contributed by atoms with Gasteiger partial charge in [0.05, 0.1) is 5.56 Å². The lowest BCUT2D eigenvalue weighted by atomic mass is 10.1. The maximum atomic E-state index is 12.4. The number of rotatable bonds is 3. The highest BCUT2D eigenvalue weighted by molar-refractivity contribution is 6.31. The largest absolute Gasteiger partial charge is 0.398 e. The van der Waals surface area contributed by atoms with Crippen molar-refractivity contribution in [2.45, 2.75) is 13.5 Å². The Morgan fingerprint density at radius 3 is 2.65 bits per heavy atom. The zero-order valence-electron chi connectivity index (χ0n) is 11.6. The number of carbonyl (C=O) groups excluding carboxylic acids is 1. The molecule has 0 saturated heterocycles. The summed E-state index contributed by atoms with van der Waals surface area (Å²) in [6, 6.07) is 12.9. The minimum Gasteiger partial charge on any atom is -0.398 e. The van der Waals surface area contributed by atoms with E-state index in [4.69, 9.17) is 17.3 Å². The SMILES string of the molecule is Cc1ccccc1CN(C)C(=O)c1cc(Cl)ccc1N. The van der Waals surface area contributed by atoms with Gasteiger partial charge in [-0.2, -0.15) is 0 Å². The molecule has 0 radical (unpaired) electrons. The summed E-state index contributed by atoms with van der Waals surface area (Å²) in [5, 5.41) is 0.506. The van der Waals surface area contributed by atoms with Crippen molar-refractivity contribution in [3.63, 3.8) is 0 Å². The Bertz CT molecular complexity index is 640. The summed E-state index contributed by atoms with van der Waals surface area (Å²) in [5.74, 6) is -0.131. The van der Waals surface area contributed by atoms with Crippen molar-refractivity contribution < 1.29 is 4.79 Å². The third kappa shape index (κ3) is 3.11. The van der Waals surface area contributed by atoms with E-state index in [0.29, 0.717) is 22.8 Å². The summed E-state index contributed by atoms with van der Waals surface area (Å²) in [6.45, 7) is 2.57. The minimum absolute atomic E-state index is 0.131. The average Bonchev–Trinajstić information content (AvgIpc) is 2.43. The molecule has 0 saturated carbocycles. The zero-order chi connectivity index (χ0) is 14.7. The fraction of sp³-hybridized carbons (Fsp3) is 0.188. The molecular weight excluding hydrogens is 272 g/mol. The van der Waals surface area contributed by atoms with Crippen LogP contribution in [0, 0.1) is 6.92 Å². The van der Waals surface area contributed by atoms with Crippen LogP contribution < -0.4 is 5.73 Å². The number of anilines is 1. The second-order valence-electron chi connectivity index (χ2n) is 4.82. The minimum atomic E-state index is -0.131. The first-order chi connectivity index (χ1) is 9.49. The van der Waals surface area contributed by atoms with Crippen molar-refractivity contribution in [3.8, 4) is 0 Å². The molecule has 0 heterocycles. The summed E-state index contributed by atoms with van der Waals surface area (Å²) in [4.78, 5) is 14.1. The van der Waals surface area contributed by atoms with Gasteiger partial charge >= 0.3 is 0 Å². The van der Waals surface area contributed by atoms with Gasteiger partial charge in [-0.1, -0.05) is 35.9 Å². The van der Waals surface area contributed by atoms with Crippen molar-refractivity contribution in [2.75, 3.05) is 12.8 Å². The van der Waals surface area contributed by atoms with Gasteiger partial charge in [-0.15, -0.1) is 0 Å². The molecule has 104 valence electrons. The van der Waals surface area contributed by atoms with Crippen molar-refractivity contribution in [2.24, 2.45) is 0 Å². The molecule has 0 aliphatic carbocycles. The van der Waals surface area contributed by atoms with Crippen molar-refractivity contribution in [3.05, 3.63) is 64.2 Å². The van der Waals surface area contributed by atoms with E-state index in [1.54, 1.807) is 30.1 Å². The molecule has 0 spiro atoms. The zero-order valence-corrected chi connectivity index (χ0v) is 12.3. The lowest BCUT2D eigenvalue weighted by molar-refractivity contribution is 0.0786. The number of benzene rings is 2. The van der Waals surface area contributed by atoms with E-state index < -0.39 is 0 Å². The Morgan fingerprint density at radius 2 is 1.95 bits per heavy atom. The van der Waals surface area contributed by atoms with Crippen LogP contribution >= 0.6 is 11.6 Å². The van der Waals surface area contributed by atoms with Crippen LogP contribution in [0.3, 0.4) is 0 Å². The van der Waals surface area contributed by atoms with Crippen molar-refractivity contribution in [1.82, 2.24) is 4.90 Å². The number of nitrogens with two attached hydrogens (primary N) is 1. The maximum absolute atomic E-state index is 12.4. The van der Waals surface area contributed by atoms with Gasteiger partial charge < -0.3 is 10.6 Å². The van der Waals surface area contributed by atoms with Gasteiger partial charge in [0.15, 0.2) is 0 Å². The van der Waals surface area contributed by atoms with Gasteiger partial charge in [0.1, 0.15) is 0 Å². The molecule has 0 aliphatic rings. The lowest BCUT2D eigenvalue weighted by Crippen LogP contribution is -2.27. The molecule has 2 aromatic carbocycles. The highest BCUT2D eigenvalue weighted by atomic mass is 35.5. The van der Waals surface area contributed by atoms with Crippen molar-refractivity contribution in [1.29, 1.82) is 0 Å². The van der Waals surface area contributed by atoms with Gasteiger partial charge in [0.25, 0.3) is 5.91 Å². The third-order valence-electron chi connectivity index (χ3n) is 3.26. The topological polar surface area (TPSA) is 46.3 Å². The van der Waals surface area contributed by atoms with Crippen LogP contribution in [0.5, 0.6) is 0 Å². The molecule has 2 aromatic rings. The van der Waals surface area contributed by atoms with E-state index in [1.807, 2.05) is 31.2 Å². The quantitative estimate of drug-likeness (QED) is 0.879. The average molecular weight is 289 g/mol. The first kappa shape index (κ1) is 14.4. The number of amides is 1. The fourth-order valence-electron chi connectivity index (χ4n) is 2.03. The standard InChI is InChI=1S/C16H17ClN2O/c1-11-5-3-4-6-12(11)10-19(2)16(20)14-9-13(17)7-8-15(14)18/h3-9H,10,18H2,1-2H3. The molecular formula is C16H17ClN2O. The molecule has 4 heteroatoms. The number of nitrogen functional groups attached to an aromatic ring is 1. The highest BCUT2D eigenvalue weighted by Gasteiger charge is 2.16. The Hall–Kier alpha value is -2.00. The summed E-state index contributed by atoms with van der Waals surface area (Å²) in [7, 11) is 1.76. The van der Waals surface area contributed by atoms with Crippen molar-refractivity contribution >= 4 is 23.2 Å². The molecule has 0 atom stereocenters. The van der Waals surface area contributed by atoms with Gasteiger partial charge in [0.2, 0.25) is 0 Å². The number of hydrogen-bond acceptors (Lipinski definition) is 2. The van der Waals surface area contributed by atoms with Crippen LogP contribution in [0.15, 0.2) is 42.5 Å². The summed E-state index contributed by atoms with van der Waals surface area (Å²) in [5.41, 5.74) is 9.00. The molecule has 0 bridgehead atoms. The lowest BCUT2D eigenvalue weighted by Gasteiger charge is -2.19. The number of nitrogens with zero attached hydrogens (tertiary/aromatic N) is 1. The monoisotopic (exact) mass is 288 g/mol. The van der Waals surface area contributed by atoms with E-state index in [9.17, 15) is 4.79 Å². The molecule has 3 nitrogen and oxygen atoms in total. The number of hydrogen-bond donors (Lipinski definition) is 1. The normalized spacial score (nSPS) is 10.3. The molecule has 0 aromatic heterocycles. The fourth-order valence-corrected chi connectivity index (χ4v) is 2.21. The van der Waals surface area contributed by atoms with Crippen LogP contribution in [0.2, 0.25) is 5.02 Å². The summed E-state index contributed by atoms with van der Waals surface area (Å²) in [6.07, 6.45) is 0. The Balaban J connectivity index is 2.21. The van der Waals surface area contributed by atoms with E-state index in [1.165, 1.54) is 0 Å². The molecule has 1 amide bonds. The first-order valence-corrected chi connectivity index (χ1v) is 6.72. The number of carbonyl (C=O) groups is 1. The van der Waals surface area contributed by atoms with Crippen LogP contribution in [0.25, 0.3) is 0 Å². The Kier molecular flexibility index (Phi) is 4.30. The van der Waals surface area contributed by atoms with Gasteiger partial charge in [-0.25, -0.2) is 0 Å². The molecule has 2 N–H and O–H groups in total. The predicted octanol–water partition coefficient (Wildman–Crippen LogP) is 3.50. The van der Waals surface area contributed by atoms with E-state index in [-0.39, 0.29) is 5.91 Å². The number of halogens is 1. The summed E-state index contributed by atoms with van der Waals surface area (Å²) < 4.78 is 0. The molecule has 0 unspecified atom stereocenters. The Labute approximate surface area is 124 Å². The highest BCUT2D eigenvalue weighted by Crippen LogP contribution is 2.20. The van der Waals surface area contributed by atoms with Crippen LogP contribution in [0.1, 0.15) is 21.5 Å². The maximum Gasteiger partial charge on any atom is 0.256 e. The van der Waals surface area contributed by atoms with E-state index in [2.05, 4.69) is 0 Å². The van der Waals surface area contributed by atoms with Crippen LogP contribution in [-0.4, -0.2) is 17.9 Å². The van der Waals surface area contributed by atoms with E-state index in [0.717, 1.165) is 11.1 Å².